The van der Waals surface area contributed by atoms with Crippen LogP contribution in [-0.2, 0) is 0 Å². The fourth-order valence-corrected chi connectivity index (χ4v) is 3.87. The molecule has 0 unspecified atom stereocenters. The third-order valence-electron chi connectivity index (χ3n) is 3.43. The Balaban J connectivity index is 1.78. The molecule has 0 spiro atoms. The molecule has 0 radical (unpaired) electrons. The van der Waals surface area contributed by atoms with Gasteiger partial charge in [-0.2, -0.15) is 10.2 Å². The standard InChI is InChI=1S/C17H12Cl2N2O2S/c18-12-4-5-15-14(7-12)16(19)11(9-24-15)8-20-21-13-3-1-2-10(6-13)17(22)23/h1-7H,8-9H2,(H,22,23). The number of carbonyl (C=O) groups is 1. The molecular weight excluding hydrogens is 367 g/mol. The maximum absolute atomic E-state index is 11.0. The number of aromatic carboxylic acids is 1. The van der Waals surface area contributed by atoms with E-state index in [1.54, 1.807) is 23.9 Å². The maximum Gasteiger partial charge on any atom is 0.335 e. The highest BCUT2D eigenvalue weighted by Crippen LogP contribution is 2.40. The minimum absolute atomic E-state index is 0.181. The summed E-state index contributed by atoms with van der Waals surface area (Å²) in [5, 5.41) is 18.5. The van der Waals surface area contributed by atoms with Crippen molar-refractivity contribution in [1.29, 1.82) is 0 Å². The van der Waals surface area contributed by atoms with E-state index in [1.807, 2.05) is 18.2 Å². The summed E-state index contributed by atoms with van der Waals surface area (Å²) in [5.74, 6) is -0.253. The van der Waals surface area contributed by atoms with Crippen molar-refractivity contribution in [2.75, 3.05) is 12.3 Å². The number of hydrogen-bond donors (Lipinski definition) is 1. The zero-order chi connectivity index (χ0) is 17.1. The van der Waals surface area contributed by atoms with Crippen LogP contribution in [-0.4, -0.2) is 23.4 Å². The van der Waals surface area contributed by atoms with Crippen molar-refractivity contribution in [3.8, 4) is 0 Å². The Morgan fingerprint density at radius 3 is 2.83 bits per heavy atom. The summed E-state index contributed by atoms with van der Waals surface area (Å²) >= 11 is 14.2. The Morgan fingerprint density at radius 2 is 2.04 bits per heavy atom. The van der Waals surface area contributed by atoms with Gasteiger partial charge in [-0.05, 0) is 42.0 Å². The third kappa shape index (κ3) is 3.80. The third-order valence-corrected chi connectivity index (χ3v) is 5.30. The van der Waals surface area contributed by atoms with Crippen LogP contribution in [0.3, 0.4) is 0 Å². The van der Waals surface area contributed by atoms with Crippen LogP contribution in [0.1, 0.15) is 15.9 Å². The van der Waals surface area contributed by atoms with E-state index in [2.05, 4.69) is 10.2 Å². The van der Waals surface area contributed by atoms with E-state index in [0.717, 1.165) is 21.8 Å². The van der Waals surface area contributed by atoms with Crippen molar-refractivity contribution in [2.24, 2.45) is 10.2 Å². The van der Waals surface area contributed by atoms with Gasteiger partial charge in [-0.3, -0.25) is 0 Å². The molecule has 0 aromatic heterocycles. The van der Waals surface area contributed by atoms with Crippen LogP contribution >= 0.6 is 35.0 Å². The molecule has 1 aliphatic rings. The van der Waals surface area contributed by atoms with Crippen molar-refractivity contribution in [3.63, 3.8) is 0 Å². The molecule has 0 bridgehead atoms. The lowest BCUT2D eigenvalue weighted by atomic mass is 10.1. The van der Waals surface area contributed by atoms with E-state index in [4.69, 9.17) is 28.3 Å². The molecule has 3 rings (SSSR count). The molecule has 0 atom stereocenters. The van der Waals surface area contributed by atoms with Crippen molar-refractivity contribution in [2.45, 2.75) is 4.90 Å². The summed E-state index contributed by atoms with van der Waals surface area (Å²) in [6, 6.07) is 12.0. The van der Waals surface area contributed by atoms with E-state index < -0.39 is 5.97 Å². The van der Waals surface area contributed by atoms with Gasteiger partial charge < -0.3 is 5.11 Å². The number of carboxylic acids is 1. The van der Waals surface area contributed by atoms with Crippen LogP contribution in [0.4, 0.5) is 5.69 Å². The van der Waals surface area contributed by atoms with E-state index in [-0.39, 0.29) is 5.56 Å². The smallest absolute Gasteiger partial charge is 0.335 e. The van der Waals surface area contributed by atoms with E-state index >= 15 is 0 Å². The summed E-state index contributed by atoms with van der Waals surface area (Å²) in [4.78, 5) is 12.0. The topological polar surface area (TPSA) is 62.0 Å². The normalized spacial score (nSPS) is 14.1. The maximum atomic E-state index is 11.0. The second-order valence-electron chi connectivity index (χ2n) is 5.10. The number of nitrogens with zero attached hydrogens (tertiary/aromatic N) is 2. The molecule has 0 amide bonds. The zero-order valence-corrected chi connectivity index (χ0v) is 14.7. The van der Waals surface area contributed by atoms with Gasteiger partial charge in [0.15, 0.2) is 0 Å². The average molecular weight is 379 g/mol. The Hall–Kier alpha value is -1.82. The second-order valence-corrected chi connectivity index (χ2v) is 6.93. The zero-order valence-electron chi connectivity index (χ0n) is 12.4. The fourth-order valence-electron chi connectivity index (χ4n) is 2.24. The molecule has 2 aromatic rings. The number of fused-ring (bicyclic) bond motifs is 1. The molecule has 1 heterocycles. The number of rotatable bonds is 4. The molecule has 7 heteroatoms. The highest BCUT2D eigenvalue weighted by Gasteiger charge is 2.18. The van der Waals surface area contributed by atoms with Crippen LogP contribution in [0.2, 0.25) is 5.02 Å². The van der Waals surface area contributed by atoms with Gasteiger partial charge in [-0.25, -0.2) is 4.79 Å². The number of benzene rings is 2. The molecular formula is C17H12Cl2N2O2S. The van der Waals surface area contributed by atoms with E-state index in [9.17, 15) is 4.79 Å². The quantitative estimate of drug-likeness (QED) is 0.675. The summed E-state index contributed by atoms with van der Waals surface area (Å²) in [7, 11) is 0. The Kier molecular flexibility index (Phi) is 5.23. The lowest BCUT2D eigenvalue weighted by molar-refractivity contribution is 0.0697. The molecule has 0 aliphatic carbocycles. The van der Waals surface area contributed by atoms with Gasteiger partial charge >= 0.3 is 5.97 Å². The highest BCUT2D eigenvalue weighted by atomic mass is 35.5. The first-order valence-electron chi connectivity index (χ1n) is 7.05. The van der Waals surface area contributed by atoms with Gasteiger partial charge in [-0.1, -0.05) is 29.3 Å². The Labute approximate surface area is 153 Å². The summed E-state index contributed by atoms with van der Waals surface area (Å²) in [6.07, 6.45) is 0. The van der Waals surface area contributed by atoms with Crippen molar-refractivity contribution < 1.29 is 9.90 Å². The monoisotopic (exact) mass is 378 g/mol. The van der Waals surface area contributed by atoms with Gasteiger partial charge in [0.25, 0.3) is 0 Å². The molecule has 0 saturated heterocycles. The number of halogens is 2. The summed E-state index contributed by atoms with van der Waals surface area (Å²) < 4.78 is 0. The fraction of sp³-hybridized carbons (Fsp3) is 0.118. The van der Waals surface area contributed by atoms with Crippen LogP contribution in [0, 0.1) is 0 Å². The molecule has 122 valence electrons. The number of azo groups is 1. The Morgan fingerprint density at radius 1 is 1.21 bits per heavy atom. The molecule has 2 aromatic carbocycles. The van der Waals surface area contributed by atoms with Crippen LogP contribution in [0.5, 0.6) is 0 Å². The van der Waals surface area contributed by atoms with Crippen molar-refractivity contribution >= 4 is 51.7 Å². The molecule has 1 aliphatic heterocycles. The number of thioether (sulfide) groups is 1. The lowest BCUT2D eigenvalue weighted by Crippen LogP contribution is -2.02. The predicted molar refractivity (Wildman–Crippen MR) is 97.7 cm³/mol. The first kappa shape index (κ1) is 17.0. The van der Waals surface area contributed by atoms with Gasteiger partial charge in [-0.15, -0.1) is 11.8 Å². The van der Waals surface area contributed by atoms with Crippen LogP contribution < -0.4 is 0 Å². The molecule has 0 saturated carbocycles. The summed E-state index contributed by atoms with van der Waals surface area (Å²) in [6.45, 7) is 0.356. The molecule has 1 N–H and O–H groups in total. The lowest BCUT2D eigenvalue weighted by Gasteiger charge is -2.18. The second kappa shape index (κ2) is 7.38. The van der Waals surface area contributed by atoms with E-state index in [1.165, 1.54) is 12.1 Å². The molecule has 24 heavy (non-hydrogen) atoms. The van der Waals surface area contributed by atoms with Gasteiger partial charge in [0, 0.05) is 21.2 Å². The van der Waals surface area contributed by atoms with Crippen molar-refractivity contribution in [3.05, 3.63) is 64.2 Å². The first-order chi connectivity index (χ1) is 11.5. The molecule has 0 fully saturated rings. The van der Waals surface area contributed by atoms with Crippen LogP contribution in [0.15, 0.2) is 63.2 Å². The van der Waals surface area contributed by atoms with Gasteiger partial charge in [0.1, 0.15) is 0 Å². The molecule has 4 nitrogen and oxygen atoms in total. The number of carboxylic acid groups (broad SMARTS) is 1. The average Bonchev–Trinajstić information content (AvgIpc) is 2.58. The van der Waals surface area contributed by atoms with Gasteiger partial charge in [0.05, 0.1) is 22.8 Å². The highest BCUT2D eigenvalue weighted by molar-refractivity contribution is 7.99. The van der Waals surface area contributed by atoms with Crippen molar-refractivity contribution in [1.82, 2.24) is 0 Å². The Bertz CT molecular complexity index is 865. The first-order valence-corrected chi connectivity index (χ1v) is 8.80. The number of hydrogen-bond acceptors (Lipinski definition) is 4. The van der Waals surface area contributed by atoms with Gasteiger partial charge in [0.2, 0.25) is 0 Å². The largest absolute Gasteiger partial charge is 0.478 e. The van der Waals surface area contributed by atoms with Crippen LogP contribution in [0.25, 0.3) is 5.03 Å². The minimum Gasteiger partial charge on any atom is -0.478 e. The SMILES string of the molecule is O=C(O)c1cccc(N=NCC2=C(Cl)c3cc(Cl)ccc3SC2)c1. The minimum atomic E-state index is -0.991. The summed E-state index contributed by atoms with van der Waals surface area (Å²) in [5.41, 5.74) is 2.56. The van der Waals surface area contributed by atoms with E-state index in [0.29, 0.717) is 22.3 Å². The predicted octanol–water partition coefficient (Wildman–Crippen LogP) is 5.88.